The summed E-state index contributed by atoms with van der Waals surface area (Å²) in [6.45, 7) is 5.26. The molecule has 22 heavy (non-hydrogen) atoms. The fourth-order valence-corrected chi connectivity index (χ4v) is 2.08. The molecule has 5 heteroatoms. The second-order valence-electron chi connectivity index (χ2n) is 5.06. The topological polar surface area (TPSA) is 79.5 Å². The summed E-state index contributed by atoms with van der Waals surface area (Å²) >= 11 is 0. The summed E-state index contributed by atoms with van der Waals surface area (Å²) in [5.74, 6) is -0.213. The van der Waals surface area contributed by atoms with Gasteiger partial charge in [-0.15, -0.1) is 0 Å². The molecule has 2 aromatic rings. The number of aromatic carboxylic acids is 1. The molecule has 0 fully saturated rings. The highest BCUT2D eigenvalue weighted by atomic mass is 16.4. The Morgan fingerprint density at radius 1 is 1.18 bits per heavy atom. The molecule has 114 valence electrons. The van der Waals surface area contributed by atoms with Crippen molar-refractivity contribution >= 4 is 17.4 Å². The second kappa shape index (κ2) is 6.30. The Labute approximate surface area is 128 Å². The first kappa shape index (κ1) is 15.6. The lowest BCUT2D eigenvalue weighted by Crippen LogP contribution is -2.03. The normalized spacial score (nSPS) is 11.3. The molecular weight excluding hydrogens is 282 g/mol. The number of benzene rings is 1. The van der Waals surface area contributed by atoms with Gasteiger partial charge in [0.15, 0.2) is 5.76 Å². The summed E-state index contributed by atoms with van der Waals surface area (Å²) in [7, 11) is 0. The lowest BCUT2D eigenvalue weighted by atomic mass is 10.1. The Hall–Kier alpha value is -2.82. The van der Waals surface area contributed by atoms with Crippen molar-refractivity contribution in [3.8, 4) is 0 Å². The van der Waals surface area contributed by atoms with Gasteiger partial charge in [0.1, 0.15) is 5.76 Å². The molecular formula is C17H17NO4. The number of furan rings is 1. The quantitative estimate of drug-likeness (QED) is 0.648. The molecule has 1 aromatic carbocycles. The minimum absolute atomic E-state index is 0.225. The first-order valence-electron chi connectivity index (χ1n) is 6.77. The fraction of sp³-hybridized carbons (Fsp3) is 0.176. The van der Waals surface area contributed by atoms with Crippen LogP contribution in [0.5, 0.6) is 0 Å². The van der Waals surface area contributed by atoms with E-state index in [0.717, 1.165) is 5.69 Å². The van der Waals surface area contributed by atoms with Gasteiger partial charge in [-0.25, -0.2) is 4.79 Å². The number of aryl methyl sites for hydroxylation is 2. The highest BCUT2D eigenvalue weighted by Gasteiger charge is 2.09. The SMILES string of the molecule is C/C(=C\C(=O)c1ccc(C)o1)Nc1ccc(C(=O)O)c(C)c1. The van der Waals surface area contributed by atoms with E-state index in [1.165, 1.54) is 12.1 Å². The molecule has 0 bridgehead atoms. The van der Waals surface area contributed by atoms with Crippen molar-refractivity contribution < 1.29 is 19.1 Å². The molecule has 0 aliphatic heterocycles. The molecule has 2 N–H and O–H groups in total. The molecule has 0 aliphatic rings. The predicted octanol–water partition coefficient (Wildman–Crippen LogP) is 3.79. The first-order valence-corrected chi connectivity index (χ1v) is 6.77. The second-order valence-corrected chi connectivity index (χ2v) is 5.06. The highest BCUT2D eigenvalue weighted by molar-refractivity contribution is 6.03. The van der Waals surface area contributed by atoms with Gasteiger partial charge in [-0.1, -0.05) is 0 Å². The van der Waals surface area contributed by atoms with E-state index in [-0.39, 0.29) is 17.1 Å². The van der Waals surface area contributed by atoms with Crippen LogP contribution in [-0.2, 0) is 0 Å². The molecule has 0 radical (unpaired) electrons. The monoisotopic (exact) mass is 299 g/mol. The number of ketones is 1. The minimum Gasteiger partial charge on any atom is -0.478 e. The van der Waals surface area contributed by atoms with Crippen LogP contribution in [0.3, 0.4) is 0 Å². The van der Waals surface area contributed by atoms with Gasteiger partial charge in [0.25, 0.3) is 0 Å². The Morgan fingerprint density at radius 3 is 2.45 bits per heavy atom. The number of carboxylic acids is 1. The van der Waals surface area contributed by atoms with Crippen LogP contribution in [0.2, 0.25) is 0 Å². The van der Waals surface area contributed by atoms with Gasteiger partial charge in [0, 0.05) is 17.5 Å². The zero-order chi connectivity index (χ0) is 16.3. The lowest BCUT2D eigenvalue weighted by Gasteiger charge is -2.08. The number of anilines is 1. The maximum Gasteiger partial charge on any atom is 0.335 e. The van der Waals surface area contributed by atoms with Crippen LogP contribution in [-0.4, -0.2) is 16.9 Å². The third-order valence-electron chi connectivity index (χ3n) is 3.13. The third-order valence-corrected chi connectivity index (χ3v) is 3.13. The van der Waals surface area contributed by atoms with Crippen LogP contribution in [0, 0.1) is 13.8 Å². The van der Waals surface area contributed by atoms with Gasteiger partial charge in [0.2, 0.25) is 5.78 Å². The number of carboxylic acid groups (broad SMARTS) is 1. The average Bonchev–Trinajstić information content (AvgIpc) is 2.85. The van der Waals surface area contributed by atoms with E-state index in [2.05, 4.69) is 5.32 Å². The van der Waals surface area contributed by atoms with E-state index >= 15 is 0 Å². The van der Waals surface area contributed by atoms with E-state index in [1.54, 1.807) is 45.0 Å². The largest absolute Gasteiger partial charge is 0.478 e. The molecule has 0 spiro atoms. The van der Waals surface area contributed by atoms with Crippen LogP contribution in [0.25, 0.3) is 0 Å². The van der Waals surface area contributed by atoms with Crippen molar-refractivity contribution in [3.63, 3.8) is 0 Å². The first-order chi connectivity index (χ1) is 10.4. The number of carbonyl (C=O) groups excluding carboxylic acids is 1. The van der Waals surface area contributed by atoms with Crippen molar-refractivity contribution in [2.75, 3.05) is 5.32 Å². The number of carbonyl (C=O) groups is 2. The third kappa shape index (κ3) is 3.63. The molecule has 2 rings (SSSR count). The smallest absolute Gasteiger partial charge is 0.335 e. The maximum atomic E-state index is 12.0. The van der Waals surface area contributed by atoms with Crippen LogP contribution in [0.4, 0.5) is 5.69 Å². The Bertz CT molecular complexity index is 756. The average molecular weight is 299 g/mol. The van der Waals surface area contributed by atoms with Crippen molar-refractivity contribution in [2.24, 2.45) is 0 Å². The Morgan fingerprint density at radius 2 is 1.91 bits per heavy atom. The van der Waals surface area contributed by atoms with Gasteiger partial charge in [-0.2, -0.15) is 0 Å². The summed E-state index contributed by atoms with van der Waals surface area (Å²) < 4.78 is 5.27. The summed E-state index contributed by atoms with van der Waals surface area (Å²) in [4.78, 5) is 23.0. The minimum atomic E-state index is -0.959. The number of nitrogens with one attached hydrogen (secondary N) is 1. The van der Waals surface area contributed by atoms with Gasteiger partial charge >= 0.3 is 5.97 Å². The van der Waals surface area contributed by atoms with E-state index < -0.39 is 5.97 Å². The molecule has 1 heterocycles. The standard InChI is InChI=1S/C17H17NO4/c1-10-8-13(5-6-14(10)17(20)21)18-11(2)9-15(19)16-7-4-12(3)22-16/h4-9,18H,1-3H3,(H,20,21)/b11-9+. The molecule has 1 aromatic heterocycles. The predicted molar refractivity (Wildman–Crippen MR) is 83.3 cm³/mol. The van der Waals surface area contributed by atoms with Crippen molar-refractivity contribution in [2.45, 2.75) is 20.8 Å². The fourth-order valence-electron chi connectivity index (χ4n) is 2.08. The van der Waals surface area contributed by atoms with E-state index in [4.69, 9.17) is 9.52 Å². The van der Waals surface area contributed by atoms with Crippen LogP contribution < -0.4 is 5.32 Å². The van der Waals surface area contributed by atoms with Crippen molar-refractivity contribution in [3.05, 3.63) is 64.8 Å². The Balaban J connectivity index is 2.13. The summed E-state index contributed by atoms with van der Waals surface area (Å²) in [6, 6.07) is 8.29. The van der Waals surface area contributed by atoms with Gasteiger partial charge in [-0.05, 0) is 56.7 Å². The van der Waals surface area contributed by atoms with Crippen LogP contribution >= 0.6 is 0 Å². The van der Waals surface area contributed by atoms with Gasteiger partial charge in [0.05, 0.1) is 5.56 Å². The maximum absolute atomic E-state index is 12.0. The van der Waals surface area contributed by atoms with Gasteiger partial charge in [-0.3, -0.25) is 4.79 Å². The number of hydrogen-bond donors (Lipinski definition) is 2. The number of hydrogen-bond acceptors (Lipinski definition) is 4. The molecule has 5 nitrogen and oxygen atoms in total. The molecule has 0 unspecified atom stereocenters. The molecule has 0 aliphatic carbocycles. The number of rotatable bonds is 5. The Kier molecular flexibility index (Phi) is 4.46. The van der Waals surface area contributed by atoms with Crippen LogP contribution in [0.1, 0.15) is 39.2 Å². The highest BCUT2D eigenvalue weighted by Crippen LogP contribution is 2.17. The van der Waals surface area contributed by atoms with E-state index in [9.17, 15) is 9.59 Å². The summed E-state index contributed by atoms with van der Waals surface area (Å²) in [6.07, 6.45) is 1.44. The molecule has 0 amide bonds. The zero-order valence-electron chi connectivity index (χ0n) is 12.6. The number of allylic oxidation sites excluding steroid dienone is 2. The van der Waals surface area contributed by atoms with E-state index in [1.807, 2.05) is 0 Å². The molecule has 0 saturated heterocycles. The summed E-state index contributed by atoms with van der Waals surface area (Å²) in [5, 5.41) is 12.1. The molecule has 0 atom stereocenters. The van der Waals surface area contributed by atoms with Crippen molar-refractivity contribution in [1.82, 2.24) is 0 Å². The zero-order valence-corrected chi connectivity index (χ0v) is 12.6. The van der Waals surface area contributed by atoms with Crippen LogP contribution in [0.15, 0.2) is 46.5 Å². The van der Waals surface area contributed by atoms with E-state index in [0.29, 0.717) is 17.0 Å². The van der Waals surface area contributed by atoms with Gasteiger partial charge < -0.3 is 14.8 Å². The van der Waals surface area contributed by atoms with Crippen molar-refractivity contribution in [1.29, 1.82) is 0 Å². The summed E-state index contributed by atoms with van der Waals surface area (Å²) in [5.41, 5.74) is 2.27. The lowest BCUT2D eigenvalue weighted by molar-refractivity contribution is 0.0696. The molecule has 0 saturated carbocycles.